The van der Waals surface area contributed by atoms with E-state index in [1.807, 2.05) is 6.55 Å². The minimum Gasteiger partial charge on any atom is -0.398 e. The predicted molar refractivity (Wildman–Crippen MR) is 93.6 cm³/mol. The van der Waals surface area contributed by atoms with Gasteiger partial charge in [-0.1, -0.05) is 0 Å². The average molecular weight is 376 g/mol. The van der Waals surface area contributed by atoms with E-state index >= 15 is 0 Å². The van der Waals surface area contributed by atoms with Crippen LogP contribution in [0.25, 0.3) is 0 Å². The van der Waals surface area contributed by atoms with Crippen molar-refractivity contribution in [3.05, 3.63) is 10.1 Å². The molecule has 0 atom stereocenters. The summed E-state index contributed by atoms with van der Waals surface area (Å²) in [5.74, 6) is 0.690. The molecule has 0 saturated heterocycles. The lowest BCUT2D eigenvalue weighted by atomic mass is 10.3. The lowest BCUT2D eigenvalue weighted by Gasteiger charge is -2.25. The summed E-state index contributed by atoms with van der Waals surface area (Å²) >= 11 is 5.53. The Hall–Kier alpha value is -0.0362. The van der Waals surface area contributed by atoms with Gasteiger partial charge in [-0.25, -0.2) is 0 Å². The highest BCUT2D eigenvalue weighted by Crippen LogP contribution is 2.14. The van der Waals surface area contributed by atoms with Crippen LogP contribution in [0.15, 0.2) is 0 Å². The molecule has 0 saturated carbocycles. The van der Waals surface area contributed by atoms with Gasteiger partial charge in [0.05, 0.1) is 10.2 Å². The molecule has 0 radical (unpaired) electrons. The van der Waals surface area contributed by atoms with Crippen molar-refractivity contribution in [3.8, 4) is 0 Å². The van der Waals surface area contributed by atoms with Gasteiger partial charge in [0.2, 0.25) is 6.54 Å². The Morgan fingerprint density at radius 2 is 1.68 bits per heavy atom. The molecule has 0 bridgehead atoms. The molecule has 0 aliphatic heterocycles. The fourth-order valence-electron chi connectivity index (χ4n) is 1.49. The van der Waals surface area contributed by atoms with Crippen LogP contribution in [0.4, 0.5) is 0 Å². The maximum Gasteiger partial charge on any atom is 0.334 e. The van der Waals surface area contributed by atoms with Gasteiger partial charge in [-0.2, -0.15) is 0 Å². The molecule has 0 amide bonds. The Morgan fingerprint density at radius 3 is 2.00 bits per heavy atom. The second-order valence-corrected chi connectivity index (χ2v) is 10.5. The van der Waals surface area contributed by atoms with Crippen LogP contribution in [0.5, 0.6) is 0 Å². The molecule has 0 aromatic rings. The third kappa shape index (κ3) is 12.5. The topological polar surface area (TPSA) is 80.1 Å². The molecule has 0 rings (SSSR count). The quantitative estimate of drug-likeness (QED) is 0.178. The van der Waals surface area contributed by atoms with Gasteiger partial charge in [0.1, 0.15) is 5.41 Å². The van der Waals surface area contributed by atoms with Gasteiger partial charge in [-0.3, -0.25) is 10.1 Å². The standard InChI is InChI=1S/C6H15ClO2Si.C6H15NO4Si/c1-8-10(3,9-2)6-4-5-7;1-10-6(12,11-2)4-3-5-7(8)9/h4-6H2,1-3H3;3-5H2,1-2,12H3. The highest BCUT2D eigenvalue weighted by atomic mass is 35.5. The van der Waals surface area contributed by atoms with Gasteiger partial charge in [0, 0.05) is 52.1 Å². The molecule has 134 valence electrons. The second kappa shape index (κ2) is 13.4. The number of halogens is 1. The summed E-state index contributed by atoms with van der Waals surface area (Å²) in [6.45, 7) is 2.02. The van der Waals surface area contributed by atoms with Crippen LogP contribution < -0.4 is 0 Å². The summed E-state index contributed by atoms with van der Waals surface area (Å²) in [4.78, 5) is 9.67. The van der Waals surface area contributed by atoms with Crippen LogP contribution in [0.3, 0.4) is 0 Å². The predicted octanol–water partition coefficient (Wildman–Crippen LogP) is 1.34. The van der Waals surface area contributed by atoms with E-state index in [1.54, 1.807) is 28.4 Å². The Kier molecular flexibility index (Phi) is 14.8. The second-order valence-electron chi connectivity index (χ2n) is 5.04. The van der Waals surface area contributed by atoms with Gasteiger partial charge in [0.25, 0.3) is 0 Å². The molecule has 22 heavy (non-hydrogen) atoms. The minimum atomic E-state index is -1.80. The van der Waals surface area contributed by atoms with E-state index in [4.69, 9.17) is 29.9 Å². The Morgan fingerprint density at radius 1 is 1.18 bits per heavy atom. The fraction of sp³-hybridized carbons (Fsp3) is 1.00. The average Bonchev–Trinajstić information content (AvgIpc) is 2.52. The molecular formula is C12H30ClNO6Si2. The monoisotopic (exact) mass is 375 g/mol. The molecule has 7 nitrogen and oxygen atoms in total. The van der Waals surface area contributed by atoms with Crippen LogP contribution in [0, 0.1) is 10.1 Å². The van der Waals surface area contributed by atoms with Gasteiger partial charge in [0.15, 0.2) is 0 Å². The molecule has 10 heteroatoms. The van der Waals surface area contributed by atoms with Crippen LogP contribution in [-0.2, 0) is 18.3 Å². The number of hydrogen-bond acceptors (Lipinski definition) is 6. The van der Waals surface area contributed by atoms with E-state index in [9.17, 15) is 10.1 Å². The van der Waals surface area contributed by atoms with Crippen LogP contribution >= 0.6 is 11.6 Å². The van der Waals surface area contributed by atoms with Crippen LogP contribution in [0.1, 0.15) is 19.3 Å². The Bertz CT molecular complexity index is 291. The summed E-state index contributed by atoms with van der Waals surface area (Å²) in [6, 6.07) is 0.976. The lowest BCUT2D eigenvalue weighted by molar-refractivity contribution is -0.481. The first-order chi connectivity index (χ1) is 10.2. The van der Waals surface area contributed by atoms with Crippen molar-refractivity contribution in [2.45, 2.75) is 37.3 Å². The first kappa shape index (κ1) is 24.2. The summed E-state index contributed by atoms with van der Waals surface area (Å²) in [6.07, 6.45) is 2.07. The van der Waals surface area contributed by atoms with Crippen molar-refractivity contribution in [2.75, 3.05) is 40.9 Å². The van der Waals surface area contributed by atoms with Crippen molar-refractivity contribution in [1.82, 2.24) is 0 Å². The van der Waals surface area contributed by atoms with E-state index in [0.29, 0.717) is 29.0 Å². The van der Waals surface area contributed by atoms with E-state index in [0.717, 1.165) is 12.5 Å². The molecule has 0 aliphatic carbocycles. The SMILES string of the molecule is COC([SiH3])(CCC[N+](=O)[O-])OC.CO[Si](C)(CCCCl)OC. The van der Waals surface area contributed by atoms with Gasteiger partial charge >= 0.3 is 8.56 Å². The van der Waals surface area contributed by atoms with Gasteiger partial charge < -0.3 is 18.3 Å². The van der Waals surface area contributed by atoms with E-state index in [-0.39, 0.29) is 11.5 Å². The third-order valence-electron chi connectivity index (χ3n) is 3.46. The molecule has 0 aromatic heterocycles. The van der Waals surface area contributed by atoms with Crippen LogP contribution in [0.2, 0.25) is 12.6 Å². The maximum atomic E-state index is 10.00. The number of methoxy groups -OCH3 is 2. The number of rotatable bonds is 11. The van der Waals surface area contributed by atoms with Crippen molar-refractivity contribution < 1.29 is 23.2 Å². The van der Waals surface area contributed by atoms with Crippen LogP contribution in [-0.4, -0.2) is 70.0 Å². The third-order valence-corrected chi connectivity index (χ3v) is 8.04. The highest BCUT2D eigenvalue weighted by molar-refractivity contribution is 6.65. The van der Waals surface area contributed by atoms with Crippen molar-refractivity contribution in [1.29, 1.82) is 0 Å². The lowest BCUT2D eigenvalue weighted by Crippen LogP contribution is -2.35. The molecular weight excluding hydrogens is 346 g/mol. The van der Waals surface area contributed by atoms with Gasteiger partial charge in [-0.05, 0) is 19.0 Å². The molecule has 0 spiro atoms. The number of nitro groups is 1. The number of nitrogens with zero attached hydrogens (tertiary/aromatic N) is 1. The summed E-state index contributed by atoms with van der Waals surface area (Å²) < 4.78 is 20.7. The summed E-state index contributed by atoms with van der Waals surface area (Å²) in [5.41, 5.74) is -0.546. The zero-order valence-corrected chi connectivity index (χ0v) is 18.3. The Balaban J connectivity index is 0. The normalized spacial score (nSPS) is 11.9. The summed E-state index contributed by atoms with van der Waals surface area (Å²) in [5, 5.41) is 10.00. The van der Waals surface area contributed by atoms with E-state index in [1.165, 1.54) is 0 Å². The fourth-order valence-corrected chi connectivity index (χ4v) is 3.60. The Labute approximate surface area is 142 Å². The van der Waals surface area contributed by atoms with Crippen molar-refractivity contribution in [2.24, 2.45) is 0 Å². The molecule has 0 N–H and O–H groups in total. The molecule has 0 unspecified atom stereocenters. The first-order valence-corrected chi connectivity index (χ1v) is 11.2. The van der Waals surface area contributed by atoms with Crippen molar-refractivity contribution >= 4 is 30.4 Å². The number of hydrogen-bond donors (Lipinski definition) is 0. The zero-order valence-electron chi connectivity index (χ0n) is 14.5. The smallest absolute Gasteiger partial charge is 0.334 e. The van der Waals surface area contributed by atoms with Gasteiger partial charge in [-0.15, -0.1) is 11.6 Å². The first-order valence-electron chi connectivity index (χ1n) is 7.11. The number of alkyl halides is 1. The van der Waals surface area contributed by atoms with Crippen molar-refractivity contribution in [3.63, 3.8) is 0 Å². The maximum absolute atomic E-state index is 10.00. The minimum absolute atomic E-state index is 0.0172. The zero-order chi connectivity index (χ0) is 17.6. The van der Waals surface area contributed by atoms with E-state index in [2.05, 4.69) is 0 Å². The molecule has 0 heterocycles. The summed E-state index contributed by atoms with van der Waals surface area (Å²) in [7, 11) is 5.42. The molecule has 0 aliphatic rings. The molecule has 0 fully saturated rings. The molecule has 0 aromatic carbocycles. The number of ether oxygens (including phenoxy) is 2. The largest absolute Gasteiger partial charge is 0.398 e. The highest BCUT2D eigenvalue weighted by Gasteiger charge is 2.27. The van der Waals surface area contributed by atoms with E-state index < -0.39 is 14.0 Å².